The number of nitrogens with zero attached hydrogens (tertiary/aromatic N) is 2. The first kappa shape index (κ1) is 15.8. The van der Waals surface area contributed by atoms with Gasteiger partial charge in [-0.25, -0.2) is 10.4 Å². The van der Waals surface area contributed by atoms with Crippen LogP contribution in [-0.4, -0.2) is 28.9 Å². The highest BCUT2D eigenvalue weighted by Gasteiger charge is 2.38. The van der Waals surface area contributed by atoms with E-state index in [0.717, 1.165) is 28.0 Å². The lowest BCUT2D eigenvalue weighted by atomic mass is 9.93. The molecule has 6 heteroatoms. The molecule has 1 amide bonds. The molecular formula is C19H21N5O. The Labute approximate surface area is 146 Å². The van der Waals surface area contributed by atoms with Crippen molar-refractivity contribution in [3.8, 4) is 11.1 Å². The van der Waals surface area contributed by atoms with Crippen LogP contribution in [0.4, 0.5) is 0 Å². The van der Waals surface area contributed by atoms with Crippen LogP contribution in [-0.2, 0) is 4.79 Å². The van der Waals surface area contributed by atoms with Gasteiger partial charge in [0.15, 0.2) is 6.29 Å². The molecule has 1 saturated heterocycles. The van der Waals surface area contributed by atoms with Gasteiger partial charge in [0.1, 0.15) is 0 Å². The number of aromatic nitrogens is 1. The normalized spacial score (nSPS) is 20.0. The molecule has 1 atom stereocenters. The number of rotatable bonds is 3. The summed E-state index contributed by atoms with van der Waals surface area (Å²) in [6.07, 6.45) is 3.36. The second-order valence-electron chi connectivity index (χ2n) is 6.52. The lowest BCUT2D eigenvalue weighted by Crippen LogP contribution is -2.56. The third kappa shape index (κ3) is 2.79. The van der Waals surface area contributed by atoms with Gasteiger partial charge in [0.05, 0.1) is 12.4 Å². The van der Waals surface area contributed by atoms with Crippen LogP contribution in [0.25, 0.3) is 16.8 Å². The Morgan fingerprint density at radius 3 is 2.36 bits per heavy atom. The molecule has 0 aliphatic carbocycles. The molecule has 4 rings (SSSR count). The first-order valence-corrected chi connectivity index (χ1v) is 8.47. The summed E-state index contributed by atoms with van der Waals surface area (Å²) in [5.41, 5.74) is 8.03. The molecule has 0 bridgehead atoms. The Hall–Kier alpha value is -2.70. The largest absolute Gasteiger partial charge is 0.351 e. The predicted octanol–water partition coefficient (Wildman–Crippen LogP) is 1.90. The van der Waals surface area contributed by atoms with Crippen LogP contribution < -0.4 is 16.1 Å². The van der Waals surface area contributed by atoms with E-state index < -0.39 is 0 Å². The number of carbonyl (C=O) groups excluding carboxylic acids is 1. The quantitative estimate of drug-likeness (QED) is 0.799. The van der Waals surface area contributed by atoms with Gasteiger partial charge >= 0.3 is 0 Å². The maximum absolute atomic E-state index is 12.8. The number of hydrogen-bond acceptors (Lipinski definition) is 5. The van der Waals surface area contributed by atoms with Crippen molar-refractivity contribution >= 4 is 11.6 Å². The highest BCUT2D eigenvalue weighted by molar-refractivity contribution is 6.02. The number of carbonyl (C=O) groups is 1. The lowest BCUT2D eigenvalue weighted by Gasteiger charge is -2.34. The van der Waals surface area contributed by atoms with E-state index in [-0.39, 0.29) is 18.1 Å². The second-order valence-corrected chi connectivity index (χ2v) is 6.52. The van der Waals surface area contributed by atoms with Gasteiger partial charge in [-0.15, -0.1) is 0 Å². The Bertz CT molecular complexity index is 813. The molecule has 0 saturated carbocycles. The van der Waals surface area contributed by atoms with Gasteiger partial charge in [0.2, 0.25) is 0 Å². The van der Waals surface area contributed by atoms with E-state index in [9.17, 15) is 4.79 Å². The van der Waals surface area contributed by atoms with Crippen molar-refractivity contribution in [2.45, 2.75) is 20.1 Å². The van der Waals surface area contributed by atoms with Gasteiger partial charge in [-0.05, 0) is 34.7 Å². The van der Waals surface area contributed by atoms with Crippen molar-refractivity contribution in [3.05, 3.63) is 59.9 Å². The van der Waals surface area contributed by atoms with Gasteiger partial charge in [-0.3, -0.25) is 15.1 Å². The minimum atomic E-state index is -0.218. The molecule has 2 aliphatic rings. The highest BCUT2D eigenvalue weighted by Crippen LogP contribution is 2.30. The zero-order chi connectivity index (χ0) is 17.4. The third-order valence-electron chi connectivity index (χ3n) is 4.57. The van der Waals surface area contributed by atoms with E-state index in [2.05, 4.69) is 45.3 Å². The number of hydrazine groups is 1. The minimum Gasteiger partial charge on any atom is -0.351 e. The van der Waals surface area contributed by atoms with Crippen LogP contribution in [0.2, 0.25) is 0 Å². The SMILES string of the molecule is CC(C)C1=C(c2ccc(-c3ccncc3)cc2)NC2NCNN2C1=O. The molecule has 25 heavy (non-hydrogen) atoms. The zero-order valence-corrected chi connectivity index (χ0v) is 14.3. The highest BCUT2D eigenvalue weighted by atomic mass is 16.2. The maximum atomic E-state index is 12.8. The molecule has 2 aliphatic heterocycles. The minimum absolute atomic E-state index is 0.0250. The van der Waals surface area contributed by atoms with Crippen molar-refractivity contribution in [2.24, 2.45) is 5.92 Å². The molecule has 6 nitrogen and oxygen atoms in total. The van der Waals surface area contributed by atoms with Crippen molar-refractivity contribution in [2.75, 3.05) is 6.67 Å². The van der Waals surface area contributed by atoms with E-state index in [1.807, 2.05) is 26.0 Å². The van der Waals surface area contributed by atoms with Crippen molar-refractivity contribution in [1.82, 2.24) is 26.1 Å². The fraction of sp³-hybridized carbons (Fsp3) is 0.263. The first-order valence-electron chi connectivity index (χ1n) is 8.47. The summed E-state index contributed by atoms with van der Waals surface area (Å²) >= 11 is 0. The van der Waals surface area contributed by atoms with E-state index in [4.69, 9.17) is 0 Å². The van der Waals surface area contributed by atoms with Gasteiger partial charge in [0.25, 0.3) is 5.91 Å². The smallest absolute Gasteiger partial charge is 0.269 e. The summed E-state index contributed by atoms with van der Waals surface area (Å²) < 4.78 is 0. The van der Waals surface area contributed by atoms with Crippen LogP contribution >= 0.6 is 0 Å². The summed E-state index contributed by atoms with van der Waals surface area (Å²) in [5.74, 6) is 0.148. The number of nitrogens with one attached hydrogen (secondary N) is 3. The third-order valence-corrected chi connectivity index (χ3v) is 4.57. The fourth-order valence-electron chi connectivity index (χ4n) is 3.31. The monoisotopic (exact) mass is 335 g/mol. The average Bonchev–Trinajstić information content (AvgIpc) is 3.11. The van der Waals surface area contributed by atoms with E-state index in [1.54, 1.807) is 17.4 Å². The second kappa shape index (κ2) is 6.31. The predicted molar refractivity (Wildman–Crippen MR) is 96.3 cm³/mol. The maximum Gasteiger partial charge on any atom is 0.269 e. The standard InChI is InChI=1S/C19H21N5O/c1-12(2)16-17(23-19-21-11-22-24(19)18(16)25)15-5-3-13(4-6-15)14-7-9-20-10-8-14/h3-10,12,19,21-23H,11H2,1-2H3. The van der Waals surface area contributed by atoms with E-state index >= 15 is 0 Å². The molecule has 1 aromatic carbocycles. The Kier molecular flexibility index (Phi) is 3.99. The van der Waals surface area contributed by atoms with Crippen molar-refractivity contribution < 1.29 is 4.79 Å². The van der Waals surface area contributed by atoms with Crippen LogP contribution in [0, 0.1) is 5.92 Å². The number of benzene rings is 1. The van der Waals surface area contributed by atoms with Crippen LogP contribution in [0.3, 0.4) is 0 Å². The summed E-state index contributed by atoms with van der Waals surface area (Å²) in [6.45, 7) is 4.66. The van der Waals surface area contributed by atoms with Crippen LogP contribution in [0.15, 0.2) is 54.4 Å². The van der Waals surface area contributed by atoms with Crippen molar-refractivity contribution in [1.29, 1.82) is 0 Å². The van der Waals surface area contributed by atoms with Crippen LogP contribution in [0.1, 0.15) is 19.4 Å². The number of hydrogen-bond donors (Lipinski definition) is 3. The topological polar surface area (TPSA) is 69.3 Å². The average molecular weight is 335 g/mol. The molecule has 128 valence electrons. The Morgan fingerprint density at radius 2 is 1.68 bits per heavy atom. The van der Waals surface area contributed by atoms with Crippen LogP contribution in [0.5, 0.6) is 0 Å². The van der Waals surface area contributed by atoms with E-state index in [1.165, 1.54) is 0 Å². The van der Waals surface area contributed by atoms with Crippen molar-refractivity contribution in [3.63, 3.8) is 0 Å². The molecule has 1 aromatic heterocycles. The van der Waals surface area contributed by atoms with Gasteiger partial charge in [-0.1, -0.05) is 38.1 Å². The van der Waals surface area contributed by atoms with Gasteiger partial charge in [-0.2, -0.15) is 0 Å². The molecule has 2 aromatic rings. The lowest BCUT2D eigenvalue weighted by molar-refractivity contribution is -0.132. The van der Waals surface area contributed by atoms with Gasteiger partial charge < -0.3 is 5.32 Å². The Balaban J connectivity index is 1.72. The zero-order valence-electron chi connectivity index (χ0n) is 14.3. The number of pyridine rings is 1. The summed E-state index contributed by atoms with van der Waals surface area (Å²) in [6, 6.07) is 12.3. The summed E-state index contributed by atoms with van der Waals surface area (Å²) in [5, 5.41) is 8.31. The first-order chi connectivity index (χ1) is 12.1. The van der Waals surface area contributed by atoms with Gasteiger partial charge in [0, 0.05) is 18.0 Å². The molecule has 0 spiro atoms. The molecule has 3 N–H and O–H groups in total. The molecular weight excluding hydrogens is 314 g/mol. The molecule has 1 unspecified atom stereocenters. The Morgan fingerprint density at radius 1 is 1.04 bits per heavy atom. The number of amides is 1. The molecule has 0 radical (unpaired) electrons. The molecule has 1 fully saturated rings. The number of fused-ring (bicyclic) bond motifs is 1. The molecule has 3 heterocycles. The summed E-state index contributed by atoms with van der Waals surface area (Å²) in [4.78, 5) is 16.9. The van der Waals surface area contributed by atoms with E-state index in [0.29, 0.717) is 6.67 Å². The summed E-state index contributed by atoms with van der Waals surface area (Å²) in [7, 11) is 0. The fourth-order valence-corrected chi connectivity index (χ4v) is 3.31.